The second kappa shape index (κ2) is 4.65. The summed E-state index contributed by atoms with van der Waals surface area (Å²) in [4.78, 5) is 10.6. The van der Waals surface area contributed by atoms with Gasteiger partial charge >= 0.3 is 0 Å². The van der Waals surface area contributed by atoms with E-state index in [0.717, 1.165) is 0 Å². The molecule has 0 bridgehead atoms. The molecular weight excluding hydrogens is 208 g/mol. The highest BCUT2D eigenvalue weighted by Gasteiger charge is 2.32. The third kappa shape index (κ3) is 2.24. The van der Waals surface area contributed by atoms with E-state index in [0.29, 0.717) is 17.7 Å². The molecule has 1 rings (SSSR count). The quantitative estimate of drug-likeness (QED) is 0.768. The van der Waals surface area contributed by atoms with E-state index in [2.05, 4.69) is 5.10 Å². The van der Waals surface area contributed by atoms with Crippen LogP contribution in [0.5, 0.6) is 5.75 Å². The Hall–Kier alpha value is -1.36. The van der Waals surface area contributed by atoms with Gasteiger partial charge in [-0.1, -0.05) is 0 Å². The Bertz CT molecular complexity index is 369. The molecule has 1 aromatic heterocycles. The van der Waals surface area contributed by atoms with Crippen molar-refractivity contribution < 1.29 is 14.6 Å². The number of rotatable bonds is 5. The zero-order chi connectivity index (χ0) is 12.3. The summed E-state index contributed by atoms with van der Waals surface area (Å²) in [5, 5.41) is 14.4. The lowest BCUT2D eigenvalue weighted by atomic mass is 9.98. The van der Waals surface area contributed by atoms with Crippen molar-refractivity contribution >= 4 is 6.29 Å². The van der Waals surface area contributed by atoms with Crippen molar-refractivity contribution in [3.8, 4) is 5.75 Å². The summed E-state index contributed by atoms with van der Waals surface area (Å²) in [6.45, 7) is 5.49. The molecule has 1 aromatic rings. The second-order valence-corrected chi connectivity index (χ2v) is 4.24. The molecule has 0 aromatic carbocycles. The summed E-state index contributed by atoms with van der Waals surface area (Å²) >= 11 is 0. The first-order valence-electron chi connectivity index (χ1n) is 5.22. The fraction of sp³-hybridized carbons (Fsp3) is 0.636. The van der Waals surface area contributed by atoms with Gasteiger partial charge < -0.3 is 14.6 Å². The van der Waals surface area contributed by atoms with E-state index in [9.17, 15) is 9.90 Å². The number of aromatic nitrogens is 2. The van der Waals surface area contributed by atoms with Crippen molar-refractivity contribution in [1.29, 1.82) is 0 Å². The summed E-state index contributed by atoms with van der Waals surface area (Å²) in [6, 6.07) is 0.0945. The number of carbonyl (C=O) groups excluding carboxylic acids is 1. The van der Waals surface area contributed by atoms with Crippen LogP contribution in [0.1, 0.15) is 38.9 Å². The Balaban J connectivity index is 3.27. The molecule has 0 saturated heterocycles. The standard InChI is InChI=1S/C11H18N2O3/c1-8(2)13-10(9(16-4)7-12-13)11(3,15)5-6-14/h6-8,15H,5H2,1-4H3. The minimum absolute atomic E-state index is 0.0156. The molecule has 0 amide bonds. The van der Waals surface area contributed by atoms with Gasteiger partial charge in [-0.3, -0.25) is 4.68 Å². The van der Waals surface area contributed by atoms with Crippen molar-refractivity contribution in [2.24, 2.45) is 0 Å². The predicted molar refractivity (Wildman–Crippen MR) is 59.4 cm³/mol. The van der Waals surface area contributed by atoms with Crippen molar-refractivity contribution in [3.05, 3.63) is 11.9 Å². The first-order chi connectivity index (χ1) is 7.44. The van der Waals surface area contributed by atoms with E-state index in [4.69, 9.17) is 4.74 Å². The lowest BCUT2D eigenvalue weighted by Crippen LogP contribution is -2.27. The van der Waals surface area contributed by atoms with Crippen LogP contribution in [0.15, 0.2) is 6.20 Å². The molecule has 0 fully saturated rings. The van der Waals surface area contributed by atoms with E-state index in [-0.39, 0.29) is 12.5 Å². The molecule has 1 heterocycles. The van der Waals surface area contributed by atoms with Crippen molar-refractivity contribution in [3.63, 3.8) is 0 Å². The molecule has 16 heavy (non-hydrogen) atoms. The third-order valence-corrected chi connectivity index (χ3v) is 2.46. The Morgan fingerprint density at radius 2 is 2.31 bits per heavy atom. The van der Waals surface area contributed by atoms with Gasteiger partial charge in [-0.15, -0.1) is 0 Å². The van der Waals surface area contributed by atoms with Crippen LogP contribution in [0.4, 0.5) is 0 Å². The fourth-order valence-corrected chi connectivity index (χ4v) is 1.66. The summed E-state index contributed by atoms with van der Waals surface area (Å²) in [5.41, 5.74) is -0.717. The normalized spacial score (nSPS) is 14.9. The lowest BCUT2D eigenvalue weighted by molar-refractivity contribution is -0.112. The van der Waals surface area contributed by atoms with Crippen molar-refractivity contribution in [2.75, 3.05) is 7.11 Å². The molecule has 0 aliphatic heterocycles. The molecule has 5 heteroatoms. The number of ether oxygens (including phenoxy) is 1. The summed E-state index contributed by atoms with van der Waals surface area (Å²) in [6.07, 6.45) is 2.26. The molecule has 0 aliphatic rings. The number of nitrogens with zero attached hydrogens (tertiary/aromatic N) is 2. The predicted octanol–water partition coefficient (Wildman–Crippen LogP) is 1.27. The molecule has 0 saturated carbocycles. The van der Waals surface area contributed by atoms with Gasteiger partial charge in [0.15, 0.2) is 5.75 Å². The zero-order valence-corrected chi connectivity index (χ0v) is 10.1. The van der Waals surface area contributed by atoms with Gasteiger partial charge in [0.25, 0.3) is 0 Å². The van der Waals surface area contributed by atoms with E-state index in [1.165, 1.54) is 7.11 Å². The summed E-state index contributed by atoms with van der Waals surface area (Å²) < 4.78 is 6.82. The molecule has 5 nitrogen and oxygen atoms in total. The van der Waals surface area contributed by atoms with Crippen LogP contribution in [0, 0.1) is 0 Å². The van der Waals surface area contributed by atoms with E-state index in [1.807, 2.05) is 13.8 Å². The summed E-state index contributed by atoms with van der Waals surface area (Å²) in [5.74, 6) is 0.501. The number of hydrogen-bond acceptors (Lipinski definition) is 4. The van der Waals surface area contributed by atoms with E-state index in [1.54, 1.807) is 17.8 Å². The van der Waals surface area contributed by atoms with Gasteiger partial charge in [-0.05, 0) is 20.8 Å². The molecular formula is C11H18N2O3. The maximum absolute atomic E-state index is 10.6. The first-order valence-corrected chi connectivity index (χ1v) is 5.22. The fourth-order valence-electron chi connectivity index (χ4n) is 1.66. The van der Waals surface area contributed by atoms with Crippen molar-refractivity contribution in [2.45, 2.75) is 38.8 Å². The molecule has 1 atom stereocenters. The number of hydrogen-bond donors (Lipinski definition) is 1. The number of aliphatic hydroxyl groups is 1. The van der Waals surface area contributed by atoms with Crippen LogP contribution in [-0.2, 0) is 10.4 Å². The second-order valence-electron chi connectivity index (χ2n) is 4.24. The molecule has 0 spiro atoms. The van der Waals surface area contributed by atoms with Crippen LogP contribution in [-0.4, -0.2) is 28.3 Å². The van der Waals surface area contributed by atoms with Gasteiger partial charge in [0.05, 0.1) is 13.3 Å². The molecule has 0 aliphatic carbocycles. The number of aldehydes is 1. The molecule has 1 unspecified atom stereocenters. The van der Waals surface area contributed by atoms with Gasteiger partial charge in [0.2, 0.25) is 0 Å². The Kier molecular flexibility index (Phi) is 3.70. The van der Waals surface area contributed by atoms with Gasteiger partial charge in [-0.25, -0.2) is 0 Å². The SMILES string of the molecule is COc1cnn(C(C)C)c1C(C)(O)CC=O. The van der Waals surface area contributed by atoms with E-state index < -0.39 is 5.60 Å². The van der Waals surface area contributed by atoms with Gasteiger partial charge in [-0.2, -0.15) is 5.10 Å². The Morgan fingerprint density at radius 1 is 1.69 bits per heavy atom. The highest BCUT2D eigenvalue weighted by atomic mass is 16.5. The van der Waals surface area contributed by atoms with Crippen LogP contribution in [0.2, 0.25) is 0 Å². The first kappa shape index (κ1) is 12.7. The Labute approximate surface area is 95.0 Å². The minimum atomic E-state index is -1.26. The van der Waals surface area contributed by atoms with Crippen LogP contribution in [0.25, 0.3) is 0 Å². The number of carbonyl (C=O) groups is 1. The van der Waals surface area contributed by atoms with Gasteiger partial charge in [0, 0.05) is 12.5 Å². The van der Waals surface area contributed by atoms with Gasteiger partial charge in [0.1, 0.15) is 17.6 Å². The molecule has 0 radical (unpaired) electrons. The molecule has 1 N–H and O–H groups in total. The smallest absolute Gasteiger partial charge is 0.162 e. The van der Waals surface area contributed by atoms with Crippen molar-refractivity contribution in [1.82, 2.24) is 9.78 Å². The monoisotopic (exact) mass is 226 g/mol. The minimum Gasteiger partial charge on any atom is -0.493 e. The lowest BCUT2D eigenvalue weighted by Gasteiger charge is -2.24. The van der Waals surface area contributed by atoms with Crippen LogP contribution < -0.4 is 4.74 Å². The van der Waals surface area contributed by atoms with Crippen LogP contribution >= 0.6 is 0 Å². The zero-order valence-electron chi connectivity index (χ0n) is 10.1. The largest absolute Gasteiger partial charge is 0.493 e. The number of methoxy groups -OCH3 is 1. The Morgan fingerprint density at radius 3 is 2.75 bits per heavy atom. The third-order valence-electron chi connectivity index (χ3n) is 2.46. The maximum atomic E-state index is 10.6. The highest BCUT2D eigenvalue weighted by Crippen LogP contribution is 2.33. The average molecular weight is 226 g/mol. The molecule has 90 valence electrons. The highest BCUT2D eigenvalue weighted by molar-refractivity contribution is 5.53. The topological polar surface area (TPSA) is 64.3 Å². The van der Waals surface area contributed by atoms with E-state index >= 15 is 0 Å². The average Bonchev–Trinajstić information content (AvgIpc) is 2.61. The summed E-state index contributed by atoms with van der Waals surface area (Å²) in [7, 11) is 1.52. The van der Waals surface area contributed by atoms with Crippen LogP contribution in [0.3, 0.4) is 0 Å². The maximum Gasteiger partial charge on any atom is 0.162 e.